The van der Waals surface area contributed by atoms with Crippen LogP contribution in [0.25, 0.3) is 24.3 Å². The Morgan fingerprint density at radius 2 is 0.872 bits per heavy atom. The maximum Gasteiger partial charge on any atom is 1.00 e. The Morgan fingerprint density at radius 1 is 0.504 bits per heavy atom. The van der Waals surface area contributed by atoms with Gasteiger partial charge in [0.1, 0.15) is 112 Å². The molecule has 39 nitrogen and oxygen atoms in total. The van der Waals surface area contributed by atoms with Gasteiger partial charge in [0.25, 0.3) is 6.47 Å². The molecule has 2 saturated carbocycles. The number of nitrogens with zero attached hydrogens (tertiary/aromatic N) is 2. The van der Waals surface area contributed by atoms with E-state index in [0.29, 0.717) is 75.9 Å². The van der Waals surface area contributed by atoms with Gasteiger partial charge in [-0.25, -0.2) is 57.9 Å². The number of aromatic hydroxyl groups is 2. The summed E-state index contributed by atoms with van der Waals surface area (Å²) in [6.07, 6.45) is 18.8. The number of ether oxygens (including phenoxy) is 15. The van der Waals surface area contributed by atoms with Crippen molar-refractivity contribution in [3.8, 4) is 46.0 Å². The molecule has 0 spiro atoms. The molecule has 41 heteroatoms. The second kappa shape index (κ2) is 70.7. The van der Waals surface area contributed by atoms with Gasteiger partial charge >= 0.3 is 151 Å². The van der Waals surface area contributed by atoms with Gasteiger partial charge in [0.15, 0.2) is 6.73 Å². The van der Waals surface area contributed by atoms with E-state index < -0.39 is 48.3 Å². The minimum atomic E-state index is -0.780. The Hall–Kier alpha value is -9.50. The molecule has 1 aliphatic heterocycles. The summed E-state index contributed by atoms with van der Waals surface area (Å²) in [7, 11) is 6.49. The molecule has 0 bridgehead atoms. The molecule has 634 valence electrons. The van der Waals surface area contributed by atoms with Gasteiger partial charge in [-0.3, -0.25) is 10.1 Å². The van der Waals surface area contributed by atoms with Crippen LogP contribution in [0, 0.1) is 5.92 Å². The monoisotopic (exact) mass is 1700 g/mol. The Bertz CT molecular complexity index is 3670. The van der Waals surface area contributed by atoms with Crippen LogP contribution in [0.5, 0.6) is 46.0 Å². The van der Waals surface area contributed by atoms with E-state index in [-0.39, 0.29) is 226 Å². The summed E-state index contributed by atoms with van der Waals surface area (Å²) in [4.78, 5) is 127. The van der Waals surface area contributed by atoms with Gasteiger partial charge in [0.2, 0.25) is 12.2 Å². The molecule has 3 aliphatic rings. The zero-order chi connectivity index (χ0) is 85.2. The Kier molecular flexibility index (Phi) is 66.2. The summed E-state index contributed by atoms with van der Waals surface area (Å²) < 4.78 is 74.0. The number of hydrogen-bond donors (Lipinski definition) is 9. The van der Waals surface area contributed by atoms with E-state index in [1.165, 1.54) is 96.2 Å². The van der Waals surface area contributed by atoms with Gasteiger partial charge in [0.05, 0.1) is 67.0 Å². The van der Waals surface area contributed by atoms with Crippen molar-refractivity contribution in [3.05, 3.63) is 119 Å². The first-order valence-corrected chi connectivity index (χ1v) is 35.1. The number of isocyanates is 2. The third-order valence-corrected chi connectivity index (χ3v) is 14.6. The molecule has 3 amide bonds. The first-order chi connectivity index (χ1) is 55.5. The van der Waals surface area contributed by atoms with Gasteiger partial charge in [-0.2, -0.15) is 0 Å². The van der Waals surface area contributed by atoms with Crippen LogP contribution in [0.3, 0.4) is 0 Å². The molecular formula is C76H99K2N5O34. The molecule has 3 fully saturated rings. The average molecular weight is 1700 g/mol. The molecule has 4 aromatic rings. The van der Waals surface area contributed by atoms with Crippen LogP contribution in [0.4, 0.5) is 19.2 Å². The minimum absolute atomic E-state index is 0. The quantitative estimate of drug-likeness (QED) is 0.00224. The molecule has 0 radical (unpaired) electrons. The van der Waals surface area contributed by atoms with E-state index in [1.54, 1.807) is 66.8 Å². The topological polar surface area (TPSA) is 541 Å². The standard InChI is InChI=1S/C26H37N3O10.2C14H18O6.C10H10O4.C8H10N2O2.C3H4O3.CH2O3.2K.H/c1-18-4-7-20(8-5-18)29-26(33)38-15-13-36-22-10-9-21(16-19(22)6-11-23(30)34-3)35-12-14-37-25(32)28-17-39-24(31)27-2;2*1-18-14(17)5-2-11-10-12(19-8-6-15)3-4-13(11)20-9-7-16;1-14-10(13)5-2-7-6-8(11)3-4-9(7)12;11-5-9-7-1-2-8(4-3-7)10-6-12;4-3-5-1-2-6-3;2-1-4-3;;;/h6,9-11,16,18,20H,4-5,7-8,12-15,17H2,1-3H3,(H,27,31)(H,28,32)(H,29,33);2*2-5,10,15-16H,6-9H2,1H3;2-6,11-12H,1H3;7-8H,1-4H2;1-2H2;1,3H;;;/q;;;;;;;2*+1;-1/p-1/b11-6+;3*5-2+;;;;;;. The Labute approximate surface area is 761 Å². The molecule has 9 N–H and O–H groups in total. The number of carbonyl (C=O) groups excluding carboxylic acids is 11. The minimum Gasteiger partial charge on any atom is -1.00 e. The Balaban J connectivity index is -0.00000143. The number of alkyl carbamates (subject to hydrolysis) is 3. The molecule has 117 heavy (non-hydrogen) atoms. The van der Waals surface area contributed by atoms with Gasteiger partial charge in [-0.05, 0) is 154 Å². The zero-order valence-electron chi connectivity index (χ0n) is 67.2. The zero-order valence-corrected chi connectivity index (χ0v) is 72.5. The average Bonchev–Trinajstić information content (AvgIpc) is 0.872. The van der Waals surface area contributed by atoms with Crippen LogP contribution in [0.1, 0.15) is 82.0 Å². The number of cyclic esters (lactones) is 2. The largest absolute Gasteiger partial charge is 1.00 e. The predicted molar refractivity (Wildman–Crippen MR) is 403 cm³/mol. The van der Waals surface area contributed by atoms with Crippen molar-refractivity contribution in [1.29, 1.82) is 0 Å². The maximum absolute atomic E-state index is 12.1. The van der Waals surface area contributed by atoms with E-state index in [4.69, 9.17) is 73.5 Å². The number of rotatable bonds is 34. The van der Waals surface area contributed by atoms with Crippen molar-refractivity contribution in [1.82, 2.24) is 16.0 Å². The van der Waals surface area contributed by atoms with Crippen LogP contribution in [0.15, 0.2) is 107 Å². The number of phenols is 2. The van der Waals surface area contributed by atoms with Crippen LogP contribution in [0.2, 0.25) is 0 Å². The SMILES string of the molecule is CNC(=O)OCNC(=O)OCCOc1ccc(OCCOC(=O)NC2CCC(C)CC2)c(/C=C/C(=O)OC)c1.COC(=O)/C=C/c1cc(O)ccc1O.COC(=O)/C=C/c1cc(OCCO)ccc1OCCO.COC(=O)/C=C/c1cc(OCCO)ccc1OCCO.O=C1OCCO1.O=C=NC1CCC(N=C=O)CC1.O=CO[O-].[H-].[K+].[K+]. The second-order valence-electron chi connectivity index (χ2n) is 22.7. The van der Waals surface area contributed by atoms with E-state index in [2.05, 4.69) is 70.9 Å². The summed E-state index contributed by atoms with van der Waals surface area (Å²) in [6.45, 7) is 2.89. The van der Waals surface area contributed by atoms with E-state index in [1.807, 2.05) is 0 Å². The third-order valence-electron chi connectivity index (χ3n) is 14.6. The Morgan fingerprint density at radius 3 is 1.23 bits per heavy atom. The van der Waals surface area contributed by atoms with Crippen molar-refractivity contribution in [2.75, 3.05) is 135 Å². The van der Waals surface area contributed by atoms with Gasteiger partial charge in [-0.1, -0.05) is 6.92 Å². The fourth-order valence-corrected chi connectivity index (χ4v) is 9.08. The molecule has 1 saturated heterocycles. The van der Waals surface area contributed by atoms with E-state index in [9.17, 15) is 53.1 Å². The number of phenolic OH excluding ortho intramolecular Hbond substituents is 2. The number of aliphatic hydroxyl groups excluding tert-OH is 4. The number of nitrogens with one attached hydrogen (secondary N) is 3. The first kappa shape index (κ1) is 110. The number of aliphatic imine (C=N–C) groups is 2. The van der Waals surface area contributed by atoms with Gasteiger partial charge in [0, 0.05) is 59.6 Å². The fraction of sp³-hybridized carbons (Fsp3) is 0.434. The first-order valence-electron chi connectivity index (χ1n) is 35.1. The van der Waals surface area contributed by atoms with Crippen LogP contribution in [-0.4, -0.2) is 250 Å². The maximum atomic E-state index is 12.1. The second-order valence-corrected chi connectivity index (χ2v) is 22.7. The van der Waals surface area contributed by atoms with Gasteiger partial charge in [-0.15, -0.1) is 0 Å². The van der Waals surface area contributed by atoms with Crippen LogP contribution < -0.4 is 152 Å². The van der Waals surface area contributed by atoms with Crippen molar-refractivity contribution in [3.63, 3.8) is 0 Å². The van der Waals surface area contributed by atoms with E-state index >= 15 is 0 Å². The van der Waals surface area contributed by atoms with Crippen LogP contribution in [-0.2, 0) is 81.1 Å². The summed E-state index contributed by atoms with van der Waals surface area (Å²) in [5, 5.41) is 69.2. The normalized spacial score (nSPS) is 14.4. The van der Waals surface area contributed by atoms with Crippen molar-refractivity contribution in [2.24, 2.45) is 15.9 Å². The number of carbonyl (C=O) groups is 9. The fourth-order valence-electron chi connectivity index (χ4n) is 9.08. The molecule has 4 aromatic carbocycles. The summed E-state index contributed by atoms with van der Waals surface area (Å²) in [5.41, 5.74) is 2.10. The summed E-state index contributed by atoms with van der Waals surface area (Å²) in [6, 6.07) is 19.3. The smallest absolute Gasteiger partial charge is 1.00 e. The molecule has 0 aromatic heterocycles. The molecule has 0 unspecified atom stereocenters. The molecular weight excluding hydrogens is 1610 g/mol. The molecule has 7 rings (SSSR count). The van der Waals surface area contributed by atoms with E-state index in [0.717, 1.165) is 57.4 Å². The van der Waals surface area contributed by atoms with Crippen molar-refractivity contribution >= 4 is 91.2 Å². The molecule has 2 aliphatic carbocycles. The molecule has 1 heterocycles. The third kappa shape index (κ3) is 54.2. The van der Waals surface area contributed by atoms with Crippen LogP contribution >= 0.6 is 0 Å². The van der Waals surface area contributed by atoms with Gasteiger partial charge < -0.3 is 124 Å². The number of methoxy groups -OCH3 is 4. The number of benzene rings is 4. The number of hydrogen-bond acceptors (Lipinski definition) is 36. The number of aliphatic hydroxyl groups is 4. The summed E-state index contributed by atoms with van der Waals surface area (Å²) >= 11 is 0. The molecule has 0 atom stereocenters. The predicted octanol–water partition coefficient (Wildman–Crippen LogP) is -0.833. The number of amides is 3. The summed E-state index contributed by atoms with van der Waals surface area (Å²) in [5.74, 6) is 1.61. The van der Waals surface area contributed by atoms with Crippen molar-refractivity contribution in [2.45, 2.75) is 76.4 Å². The van der Waals surface area contributed by atoms with Crippen molar-refractivity contribution < 1.29 is 269 Å². The number of esters is 4.